The van der Waals surface area contributed by atoms with Crippen molar-refractivity contribution in [1.82, 2.24) is 29.7 Å². The maximum absolute atomic E-state index is 5.63. The third-order valence-corrected chi connectivity index (χ3v) is 4.82. The Morgan fingerprint density at radius 1 is 1.16 bits per heavy atom. The SMILES string of the molecule is Cc1cc(C)n2ncc(-c3noc(C4(c5cccnc5)CC4)n3)c2n1. The molecule has 1 aliphatic rings. The van der Waals surface area contributed by atoms with Gasteiger partial charge in [0.1, 0.15) is 0 Å². The van der Waals surface area contributed by atoms with Gasteiger partial charge in [-0.15, -0.1) is 0 Å². The molecule has 0 amide bonds. The molecule has 0 N–H and O–H groups in total. The summed E-state index contributed by atoms with van der Waals surface area (Å²) in [5, 5.41) is 8.60. The topological polar surface area (TPSA) is 82.0 Å². The fraction of sp³-hybridized carbons (Fsp3) is 0.278. The summed E-state index contributed by atoms with van der Waals surface area (Å²) in [6, 6.07) is 5.99. The van der Waals surface area contributed by atoms with Crippen LogP contribution in [0, 0.1) is 13.8 Å². The van der Waals surface area contributed by atoms with Gasteiger partial charge in [-0.25, -0.2) is 9.50 Å². The van der Waals surface area contributed by atoms with Crippen molar-refractivity contribution < 1.29 is 4.52 Å². The van der Waals surface area contributed by atoms with Crippen molar-refractivity contribution in [2.24, 2.45) is 0 Å². The van der Waals surface area contributed by atoms with Gasteiger partial charge < -0.3 is 4.52 Å². The predicted molar refractivity (Wildman–Crippen MR) is 90.0 cm³/mol. The highest BCUT2D eigenvalue weighted by Crippen LogP contribution is 2.52. The summed E-state index contributed by atoms with van der Waals surface area (Å²) < 4.78 is 7.42. The van der Waals surface area contributed by atoms with Crippen LogP contribution in [0.15, 0.2) is 41.3 Å². The van der Waals surface area contributed by atoms with Crippen molar-refractivity contribution in [2.75, 3.05) is 0 Å². The van der Waals surface area contributed by atoms with Gasteiger partial charge in [-0.2, -0.15) is 10.1 Å². The molecule has 0 radical (unpaired) electrons. The third-order valence-electron chi connectivity index (χ3n) is 4.82. The molecule has 4 aromatic rings. The van der Waals surface area contributed by atoms with Gasteiger partial charge in [0.05, 0.1) is 17.2 Å². The van der Waals surface area contributed by atoms with Crippen LogP contribution in [0.4, 0.5) is 0 Å². The molecule has 0 saturated heterocycles. The highest BCUT2D eigenvalue weighted by Gasteiger charge is 2.51. The molecule has 124 valence electrons. The smallest absolute Gasteiger partial charge is 0.237 e. The van der Waals surface area contributed by atoms with Crippen LogP contribution in [0.1, 0.15) is 35.7 Å². The Balaban J connectivity index is 1.60. The molecule has 25 heavy (non-hydrogen) atoms. The summed E-state index contributed by atoms with van der Waals surface area (Å²) in [6.07, 6.45) is 7.37. The number of pyridine rings is 1. The van der Waals surface area contributed by atoms with E-state index in [1.54, 1.807) is 16.9 Å². The Bertz CT molecular complexity index is 1080. The zero-order valence-corrected chi connectivity index (χ0v) is 14.0. The quantitative estimate of drug-likeness (QED) is 0.574. The zero-order chi connectivity index (χ0) is 17.0. The third kappa shape index (κ3) is 2.08. The summed E-state index contributed by atoms with van der Waals surface area (Å²) in [6.45, 7) is 3.97. The molecular weight excluding hydrogens is 316 g/mol. The van der Waals surface area contributed by atoms with E-state index in [1.807, 2.05) is 32.2 Å². The van der Waals surface area contributed by atoms with E-state index in [0.29, 0.717) is 11.7 Å². The molecule has 0 aliphatic heterocycles. The van der Waals surface area contributed by atoms with Crippen molar-refractivity contribution in [2.45, 2.75) is 32.1 Å². The molecule has 4 heterocycles. The van der Waals surface area contributed by atoms with Gasteiger partial charge in [0, 0.05) is 23.8 Å². The van der Waals surface area contributed by atoms with E-state index in [1.165, 1.54) is 0 Å². The number of aryl methyl sites for hydroxylation is 2. The number of hydrogen-bond donors (Lipinski definition) is 0. The molecule has 0 unspecified atom stereocenters. The minimum absolute atomic E-state index is 0.193. The normalized spacial score (nSPS) is 15.6. The second-order valence-electron chi connectivity index (χ2n) is 6.58. The van der Waals surface area contributed by atoms with Crippen LogP contribution in [-0.4, -0.2) is 29.7 Å². The van der Waals surface area contributed by atoms with Gasteiger partial charge in [-0.05, 0) is 44.4 Å². The van der Waals surface area contributed by atoms with Crippen LogP contribution in [0.25, 0.3) is 17.0 Å². The lowest BCUT2D eigenvalue weighted by Gasteiger charge is -2.08. The fourth-order valence-electron chi connectivity index (χ4n) is 3.35. The van der Waals surface area contributed by atoms with Gasteiger partial charge in [-0.3, -0.25) is 4.98 Å². The molecule has 0 spiro atoms. The van der Waals surface area contributed by atoms with E-state index in [0.717, 1.165) is 41.0 Å². The first-order chi connectivity index (χ1) is 12.2. The molecule has 1 aliphatic carbocycles. The van der Waals surface area contributed by atoms with Crippen LogP contribution in [0.2, 0.25) is 0 Å². The average Bonchev–Trinajstić information content (AvgIpc) is 3.08. The monoisotopic (exact) mass is 332 g/mol. The van der Waals surface area contributed by atoms with Crippen molar-refractivity contribution >= 4 is 5.65 Å². The summed E-state index contributed by atoms with van der Waals surface area (Å²) in [4.78, 5) is 13.5. The van der Waals surface area contributed by atoms with E-state index in [-0.39, 0.29) is 5.41 Å². The Kier molecular flexibility index (Phi) is 2.83. The second-order valence-corrected chi connectivity index (χ2v) is 6.58. The van der Waals surface area contributed by atoms with Crippen molar-refractivity contribution in [3.05, 3.63) is 59.6 Å². The van der Waals surface area contributed by atoms with Crippen LogP contribution in [0.3, 0.4) is 0 Å². The summed E-state index contributed by atoms with van der Waals surface area (Å²) in [5.41, 5.74) is 4.41. The molecule has 0 aromatic carbocycles. The van der Waals surface area contributed by atoms with E-state index in [4.69, 9.17) is 4.52 Å². The first-order valence-electron chi connectivity index (χ1n) is 8.24. The number of nitrogens with zero attached hydrogens (tertiary/aromatic N) is 6. The average molecular weight is 332 g/mol. The number of aromatic nitrogens is 6. The van der Waals surface area contributed by atoms with E-state index < -0.39 is 0 Å². The number of hydrogen-bond acceptors (Lipinski definition) is 6. The molecule has 0 atom stereocenters. The Labute approximate surface area is 143 Å². The van der Waals surface area contributed by atoms with Crippen LogP contribution < -0.4 is 0 Å². The molecule has 1 saturated carbocycles. The first-order valence-corrected chi connectivity index (χ1v) is 8.24. The van der Waals surface area contributed by atoms with Crippen molar-refractivity contribution in [3.8, 4) is 11.4 Å². The van der Waals surface area contributed by atoms with Crippen molar-refractivity contribution in [3.63, 3.8) is 0 Å². The van der Waals surface area contributed by atoms with Gasteiger partial charge in [-0.1, -0.05) is 11.2 Å². The van der Waals surface area contributed by atoms with Gasteiger partial charge >= 0.3 is 0 Å². The van der Waals surface area contributed by atoms with Crippen LogP contribution in [0.5, 0.6) is 0 Å². The lowest BCUT2D eigenvalue weighted by molar-refractivity contribution is 0.360. The molecule has 4 aromatic heterocycles. The highest BCUT2D eigenvalue weighted by molar-refractivity contribution is 5.72. The van der Waals surface area contributed by atoms with Crippen LogP contribution in [-0.2, 0) is 5.41 Å². The van der Waals surface area contributed by atoms with Crippen LogP contribution >= 0.6 is 0 Å². The molecule has 1 fully saturated rings. The number of rotatable bonds is 3. The summed E-state index contributed by atoms with van der Waals surface area (Å²) >= 11 is 0. The fourth-order valence-corrected chi connectivity index (χ4v) is 3.35. The maximum Gasteiger partial charge on any atom is 0.237 e. The Morgan fingerprint density at radius 2 is 2.04 bits per heavy atom. The predicted octanol–water partition coefficient (Wildman–Crippen LogP) is 2.87. The Hall–Kier alpha value is -3.09. The summed E-state index contributed by atoms with van der Waals surface area (Å²) in [7, 11) is 0. The molecule has 5 rings (SSSR count). The summed E-state index contributed by atoms with van der Waals surface area (Å²) in [5.74, 6) is 1.16. The molecule has 0 bridgehead atoms. The maximum atomic E-state index is 5.63. The number of fused-ring (bicyclic) bond motifs is 1. The van der Waals surface area contributed by atoms with Gasteiger partial charge in [0.2, 0.25) is 11.7 Å². The van der Waals surface area contributed by atoms with Gasteiger partial charge in [0.15, 0.2) is 5.65 Å². The van der Waals surface area contributed by atoms with E-state index >= 15 is 0 Å². The molecule has 7 nitrogen and oxygen atoms in total. The van der Waals surface area contributed by atoms with E-state index in [2.05, 4.69) is 31.3 Å². The lowest BCUT2D eigenvalue weighted by Crippen LogP contribution is -2.09. The largest absolute Gasteiger partial charge is 0.338 e. The molecule has 7 heteroatoms. The Morgan fingerprint density at radius 3 is 2.80 bits per heavy atom. The minimum atomic E-state index is -0.193. The molecular formula is C18H16N6O. The first kappa shape index (κ1) is 14.3. The highest BCUT2D eigenvalue weighted by atomic mass is 16.5. The van der Waals surface area contributed by atoms with Gasteiger partial charge in [0.25, 0.3) is 0 Å². The minimum Gasteiger partial charge on any atom is -0.338 e. The van der Waals surface area contributed by atoms with Crippen molar-refractivity contribution in [1.29, 1.82) is 0 Å². The second kappa shape index (κ2) is 4.95. The lowest BCUT2D eigenvalue weighted by atomic mass is 9.98. The zero-order valence-electron chi connectivity index (χ0n) is 14.0. The van der Waals surface area contributed by atoms with E-state index in [9.17, 15) is 0 Å². The standard InChI is InChI=1S/C18H16N6O/c1-11-8-12(2)24-16(21-11)14(10-20-24)15-22-17(25-23-15)18(5-6-18)13-4-3-7-19-9-13/h3-4,7-10H,5-6H2,1-2H3.